The van der Waals surface area contributed by atoms with E-state index in [1.807, 2.05) is 19.9 Å². The fraction of sp³-hybridized carbons (Fsp3) is 0.226. The normalized spacial score (nSPS) is 13.5. The number of anilines is 3. The summed E-state index contributed by atoms with van der Waals surface area (Å²) in [4.78, 5) is 64.8. The summed E-state index contributed by atoms with van der Waals surface area (Å²) in [6, 6.07) is 15.4. The van der Waals surface area contributed by atoms with Gasteiger partial charge in [-0.25, -0.2) is 0 Å². The first-order valence-electron chi connectivity index (χ1n) is 14.0. The van der Waals surface area contributed by atoms with Crippen molar-refractivity contribution >= 4 is 75.1 Å². The number of benzene rings is 3. The summed E-state index contributed by atoms with van der Waals surface area (Å²) in [6.45, 7) is 4.41. The number of nitrogens with one attached hydrogen (secondary N) is 2. The monoisotopic (exact) mass is 667 g/mol. The zero-order chi connectivity index (χ0) is 33.4. The lowest BCUT2D eigenvalue weighted by molar-refractivity contribution is -0.384. The SMILES string of the molecule is CCN(CC)c1ccc(/C=C2/SC(=O)N(CC(=O)Nc3ccc(OC)c(Cl)c3)C2=O)c(OCC(=O)Nc2cccc([N+](=O)[O-])c2)c1. The van der Waals surface area contributed by atoms with Crippen molar-refractivity contribution in [1.29, 1.82) is 0 Å². The molecule has 240 valence electrons. The molecule has 0 bridgehead atoms. The molecule has 0 aliphatic carbocycles. The van der Waals surface area contributed by atoms with Crippen LogP contribution in [0.3, 0.4) is 0 Å². The van der Waals surface area contributed by atoms with Crippen molar-refractivity contribution in [1.82, 2.24) is 4.90 Å². The highest BCUT2D eigenvalue weighted by Gasteiger charge is 2.36. The lowest BCUT2D eigenvalue weighted by atomic mass is 10.1. The van der Waals surface area contributed by atoms with Crippen molar-refractivity contribution in [2.24, 2.45) is 0 Å². The van der Waals surface area contributed by atoms with Crippen LogP contribution in [0.15, 0.2) is 65.6 Å². The van der Waals surface area contributed by atoms with E-state index >= 15 is 0 Å². The maximum Gasteiger partial charge on any atom is 0.294 e. The van der Waals surface area contributed by atoms with E-state index in [4.69, 9.17) is 21.1 Å². The molecule has 0 radical (unpaired) electrons. The van der Waals surface area contributed by atoms with Gasteiger partial charge in [-0.15, -0.1) is 0 Å². The minimum Gasteiger partial charge on any atom is -0.495 e. The van der Waals surface area contributed by atoms with Gasteiger partial charge in [0.25, 0.3) is 22.7 Å². The van der Waals surface area contributed by atoms with E-state index in [1.165, 1.54) is 43.5 Å². The number of hydrogen-bond donors (Lipinski definition) is 2. The molecular weight excluding hydrogens is 638 g/mol. The molecule has 2 N–H and O–H groups in total. The molecule has 0 unspecified atom stereocenters. The third-order valence-corrected chi connectivity index (χ3v) is 7.93. The Balaban J connectivity index is 1.50. The first kappa shape index (κ1) is 33.8. The second-order valence-electron chi connectivity index (χ2n) is 9.70. The molecule has 1 aliphatic rings. The number of hydrogen-bond acceptors (Lipinski definition) is 10. The Morgan fingerprint density at radius 2 is 1.72 bits per heavy atom. The van der Waals surface area contributed by atoms with E-state index < -0.39 is 41.0 Å². The van der Waals surface area contributed by atoms with E-state index in [1.54, 1.807) is 24.3 Å². The summed E-state index contributed by atoms with van der Waals surface area (Å²) >= 11 is 6.78. The van der Waals surface area contributed by atoms with Crippen LogP contribution in [0.1, 0.15) is 19.4 Å². The third kappa shape index (κ3) is 8.34. The summed E-state index contributed by atoms with van der Waals surface area (Å²) in [7, 11) is 1.46. The number of rotatable bonds is 13. The van der Waals surface area contributed by atoms with Gasteiger partial charge in [0.15, 0.2) is 6.61 Å². The number of non-ortho nitro benzene ring substituents is 1. The third-order valence-electron chi connectivity index (χ3n) is 6.72. The van der Waals surface area contributed by atoms with Gasteiger partial charge in [0.2, 0.25) is 5.91 Å². The van der Waals surface area contributed by atoms with E-state index in [0.29, 0.717) is 41.9 Å². The number of ether oxygens (including phenoxy) is 2. The van der Waals surface area contributed by atoms with Crippen molar-refractivity contribution < 1.29 is 33.6 Å². The fourth-order valence-corrected chi connectivity index (χ4v) is 5.54. The number of amides is 4. The van der Waals surface area contributed by atoms with Gasteiger partial charge in [-0.1, -0.05) is 17.7 Å². The smallest absolute Gasteiger partial charge is 0.294 e. The summed E-state index contributed by atoms with van der Waals surface area (Å²) in [5, 5.41) is 15.9. The van der Waals surface area contributed by atoms with E-state index in [9.17, 15) is 29.3 Å². The molecule has 4 rings (SSSR count). The Morgan fingerprint density at radius 3 is 2.39 bits per heavy atom. The molecule has 0 aromatic heterocycles. The summed E-state index contributed by atoms with van der Waals surface area (Å²) < 4.78 is 11.0. The highest BCUT2D eigenvalue weighted by atomic mass is 35.5. The Morgan fingerprint density at radius 1 is 1.00 bits per heavy atom. The van der Waals surface area contributed by atoms with Crippen LogP contribution in [-0.2, 0) is 14.4 Å². The predicted molar refractivity (Wildman–Crippen MR) is 177 cm³/mol. The highest BCUT2D eigenvalue weighted by Crippen LogP contribution is 2.35. The Hall–Kier alpha value is -5.08. The summed E-state index contributed by atoms with van der Waals surface area (Å²) in [5.41, 5.74) is 1.64. The lowest BCUT2D eigenvalue weighted by Crippen LogP contribution is -2.36. The van der Waals surface area contributed by atoms with Gasteiger partial charge in [0.1, 0.15) is 18.0 Å². The van der Waals surface area contributed by atoms with Crippen LogP contribution < -0.4 is 25.0 Å². The molecule has 0 saturated carbocycles. The molecule has 0 spiro atoms. The van der Waals surface area contributed by atoms with E-state index in [2.05, 4.69) is 15.5 Å². The molecule has 3 aromatic rings. The van der Waals surface area contributed by atoms with Crippen molar-refractivity contribution in [3.63, 3.8) is 0 Å². The molecule has 3 aromatic carbocycles. The summed E-state index contributed by atoms with van der Waals surface area (Å²) in [5.74, 6) is -1.15. The molecule has 4 amide bonds. The molecule has 1 fully saturated rings. The largest absolute Gasteiger partial charge is 0.495 e. The Labute approximate surface area is 273 Å². The number of carbonyl (C=O) groups excluding carboxylic acids is 4. The minimum atomic E-state index is -0.667. The van der Waals surface area contributed by atoms with E-state index in [-0.39, 0.29) is 27.1 Å². The van der Waals surface area contributed by atoms with Gasteiger partial charge in [0.05, 0.1) is 22.0 Å². The van der Waals surface area contributed by atoms with Crippen LogP contribution in [0, 0.1) is 10.1 Å². The van der Waals surface area contributed by atoms with Crippen LogP contribution in [0.4, 0.5) is 27.5 Å². The zero-order valence-corrected chi connectivity index (χ0v) is 26.6. The van der Waals surface area contributed by atoms with Gasteiger partial charge in [-0.05, 0) is 68.1 Å². The topological polar surface area (TPSA) is 160 Å². The quantitative estimate of drug-likeness (QED) is 0.130. The number of imide groups is 1. The second-order valence-corrected chi connectivity index (χ2v) is 11.1. The second kappa shape index (κ2) is 15.3. The molecule has 0 atom stereocenters. The van der Waals surface area contributed by atoms with Gasteiger partial charge in [-0.2, -0.15) is 0 Å². The van der Waals surface area contributed by atoms with Crippen LogP contribution in [0.5, 0.6) is 11.5 Å². The minimum absolute atomic E-state index is 0.0618. The number of halogens is 1. The van der Waals surface area contributed by atoms with Gasteiger partial charge in [0, 0.05) is 53.9 Å². The van der Waals surface area contributed by atoms with Crippen LogP contribution in [0.2, 0.25) is 5.02 Å². The van der Waals surface area contributed by atoms with Gasteiger partial charge in [-0.3, -0.25) is 34.2 Å². The average Bonchev–Trinajstić information content (AvgIpc) is 3.28. The van der Waals surface area contributed by atoms with Crippen molar-refractivity contribution in [3.8, 4) is 11.5 Å². The first-order valence-corrected chi connectivity index (χ1v) is 15.2. The predicted octanol–water partition coefficient (Wildman–Crippen LogP) is 5.80. The van der Waals surface area contributed by atoms with Crippen molar-refractivity contribution in [2.45, 2.75) is 13.8 Å². The van der Waals surface area contributed by atoms with Crippen LogP contribution in [-0.4, -0.2) is 66.1 Å². The molecule has 1 saturated heterocycles. The standard InChI is InChI=1S/C31H30ClN5O8S/c1-4-35(5-2)22-11-9-19(26(16-22)45-18-29(39)34-20-7-6-8-23(14-20)37(42)43)13-27-30(40)36(31(41)46-27)17-28(38)33-21-10-12-25(44-3)24(32)15-21/h6-16H,4-5,17-18H2,1-3H3,(H,33,38)(H,34,39)/b27-13+. The Kier molecular flexibility index (Phi) is 11.2. The number of methoxy groups -OCH3 is 1. The van der Waals surface area contributed by atoms with Gasteiger partial charge >= 0.3 is 0 Å². The fourth-order valence-electron chi connectivity index (χ4n) is 4.46. The number of nitrogens with zero attached hydrogens (tertiary/aromatic N) is 3. The maximum absolute atomic E-state index is 13.2. The Bertz CT molecular complexity index is 1710. The van der Waals surface area contributed by atoms with Crippen LogP contribution >= 0.6 is 23.4 Å². The summed E-state index contributed by atoms with van der Waals surface area (Å²) in [6.07, 6.45) is 1.46. The number of thioether (sulfide) groups is 1. The first-order chi connectivity index (χ1) is 22.0. The lowest BCUT2D eigenvalue weighted by Gasteiger charge is -2.22. The molecule has 1 aliphatic heterocycles. The maximum atomic E-state index is 13.2. The van der Waals surface area contributed by atoms with Crippen molar-refractivity contribution in [3.05, 3.63) is 86.3 Å². The number of nitro benzene ring substituents is 1. The highest BCUT2D eigenvalue weighted by molar-refractivity contribution is 8.18. The zero-order valence-electron chi connectivity index (χ0n) is 25.1. The molecule has 15 heteroatoms. The molecule has 1 heterocycles. The van der Waals surface area contributed by atoms with Crippen molar-refractivity contribution in [2.75, 3.05) is 48.9 Å². The number of nitro groups is 1. The average molecular weight is 668 g/mol. The number of carbonyl (C=O) groups is 4. The molecule has 46 heavy (non-hydrogen) atoms. The van der Waals surface area contributed by atoms with E-state index in [0.717, 1.165) is 10.6 Å². The molecular formula is C31H30ClN5O8S. The van der Waals surface area contributed by atoms with Gasteiger partial charge < -0.3 is 25.0 Å². The molecule has 13 nitrogen and oxygen atoms in total. The van der Waals surface area contributed by atoms with Crippen LogP contribution in [0.25, 0.3) is 6.08 Å².